The summed E-state index contributed by atoms with van der Waals surface area (Å²) in [6, 6.07) is 0.146. The fraction of sp³-hybridized carbons (Fsp3) is 0.556. The smallest absolute Gasteiger partial charge is 0.341 e. The lowest BCUT2D eigenvalue weighted by Gasteiger charge is -2.61. The SMILES string of the molecule is COC(=O)c1cc(N(C)C)c2c(c1O)C(=O)C1C(=O)[C@]3(O)C(=O)C(C(N)=O)C(=O)[C@@H](N(C)C)[C@]3(C)C[C@]1(C)C2. The summed E-state index contributed by atoms with van der Waals surface area (Å²) in [5.74, 6) is -10.8. The molecular weight excluding hydrogens is 510 g/mol. The molecule has 3 aliphatic rings. The van der Waals surface area contributed by atoms with Crippen LogP contribution in [-0.4, -0.2) is 97.1 Å². The number of Topliss-reactive ketones (excluding diaryl/α,β-unsaturated/α-hetero) is 4. The standard InChI is InChI=1S/C27H33N3O9/c1-25-9-12-13(29(3)4)8-11(24(37)39-7)17(31)14(12)18(32)16(25)22(35)27(38)21(34)15(23(28)36)19(33)20(30(5)6)26(27,2)10-25/h8,15-16,20,31,38H,9-10H2,1-7H3,(H2,28,36)/t15?,16?,20-,25+,26+,27-/m1/s1. The van der Waals surface area contributed by atoms with Gasteiger partial charge in [-0.2, -0.15) is 0 Å². The summed E-state index contributed by atoms with van der Waals surface area (Å²) in [5, 5.41) is 23.0. The van der Waals surface area contributed by atoms with Gasteiger partial charge in [-0.3, -0.25) is 28.9 Å². The monoisotopic (exact) mass is 543 g/mol. The summed E-state index contributed by atoms with van der Waals surface area (Å²) < 4.78 is 4.76. The highest BCUT2D eigenvalue weighted by atomic mass is 16.5. The second-order valence-electron chi connectivity index (χ2n) is 11.8. The van der Waals surface area contributed by atoms with Gasteiger partial charge >= 0.3 is 5.97 Å². The van der Waals surface area contributed by atoms with Crippen LogP contribution in [0.4, 0.5) is 5.69 Å². The number of aromatic hydroxyl groups is 1. The Kier molecular flexibility index (Phi) is 6.32. The van der Waals surface area contributed by atoms with Crippen LogP contribution in [0.25, 0.3) is 0 Å². The Bertz CT molecular complexity index is 1370. The molecule has 1 aromatic rings. The fourth-order valence-corrected chi connectivity index (χ4v) is 7.43. The fourth-order valence-electron chi connectivity index (χ4n) is 7.43. The van der Waals surface area contributed by atoms with Gasteiger partial charge in [-0.25, -0.2) is 4.79 Å². The number of nitrogens with two attached hydrogens (primary N) is 1. The minimum absolute atomic E-state index is 0.0421. The predicted octanol–water partition coefficient (Wildman–Crippen LogP) is -0.500. The molecule has 2 saturated carbocycles. The molecule has 2 fully saturated rings. The second-order valence-corrected chi connectivity index (χ2v) is 11.8. The first kappa shape index (κ1) is 28.4. The molecule has 210 valence electrons. The number of amides is 1. The van der Waals surface area contributed by atoms with Crippen LogP contribution in [-0.2, 0) is 30.3 Å². The molecule has 0 aliphatic heterocycles. The number of phenolic OH excluding ortho intramolecular Hbond substituents is 1. The Hall–Kier alpha value is -3.64. The zero-order valence-electron chi connectivity index (χ0n) is 22.9. The first-order valence-corrected chi connectivity index (χ1v) is 12.4. The van der Waals surface area contributed by atoms with E-state index in [4.69, 9.17) is 10.5 Å². The number of ketones is 4. The van der Waals surface area contributed by atoms with Crippen molar-refractivity contribution in [2.24, 2.45) is 28.4 Å². The molecule has 3 aliphatic carbocycles. The Morgan fingerprint density at radius 3 is 2.15 bits per heavy atom. The molecule has 39 heavy (non-hydrogen) atoms. The van der Waals surface area contributed by atoms with Crippen molar-refractivity contribution in [2.75, 3.05) is 40.2 Å². The number of hydrogen-bond donors (Lipinski definition) is 3. The maximum Gasteiger partial charge on any atom is 0.341 e. The molecule has 0 saturated heterocycles. The molecule has 0 heterocycles. The van der Waals surface area contributed by atoms with Gasteiger partial charge in [0.1, 0.15) is 11.3 Å². The number of ether oxygens (including phenoxy) is 1. The van der Waals surface area contributed by atoms with Crippen LogP contribution < -0.4 is 10.6 Å². The zero-order valence-corrected chi connectivity index (χ0v) is 22.9. The molecule has 0 aromatic heterocycles. The number of phenols is 1. The minimum atomic E-state index is -2.90. The van der Waals surface area contributed by atoms with Crippen LogP contribution in [0.3, 0.4) is 0 Å². The average Bonchev–Trinajstić information content (AvgIpc) is 2.80. The maximum atomic E-state index is 14.2. The van der Waals surface area contributed by atoms with Gasteiger partial charge in [0, 0.05) is 25.2 Å². The summed E-state index contributed by atoms with van der Waals surface area (Å²) in [7, 11) is 7.53. The van der Waals surface area contributed by atoms with Gasteiger partial charge < -0.3 is 25.6 Å². The van der Waals surface area contributed by atoms with Gasteiger partial charge in [0.2, 0.25) is 5.91 Å². The Labute approximate surface area is 225 Å². The highest BCUT2D eigenvalue weighted by Gasteiger charge is 2.76. The number of likely N-dealkylation sites (N-methyl/N-ethyl adjacent to an activating group) is 1. The van der Waals surface area contributed by atoms with E-state index in [9.17, 15) is 39.0 Å². The van der Waals surface area contributed by atoms with E-state index in [2.05, 4.69) is 0 Å². The van der Waals surface area contributed by atoms with Gasteiger partial charge in [-0.15, -0.1) is 0 Å². The molecule has 1 aromatic carbocycles. The van der Waals surface area contributed by atoms with E-state index in [1.54, 1.807) is 25.9 Å². The number of esters is 1. The number of carbonyl (C=O) groups excluding carboxylic acids is 6. The second kappa shape index (κ2) is 8.68. The molecule has 12 nitrogen and oxygen atoms in total. The van der Waals surface area contributed by atoms with Gasteiger partial charge in [0.15, 0.2) is 34.7 Å². The summed E-state index contributed by atoms with van der Waals surface area (Å²) in [5.41, 5.74) is -0.198. The molecule has 0 bridgehead atoms. The number of hydrogen-bond acceptors (Lipinski definition) is 11. The normalized spacial score (nSPS) is 33.8. The van der Waals surface area contributed by atoms with Gasteiger partial charge in [-0.1, -0.05) is 13.8 Å². The van der Waals surface area contributed by atoms with E-state index < -0.39 is 75.1 Å². The number of nitrogens with zero attached hydrogens (tertiary/aromatic N) is 2. The Balaban J connectivity index is 2.02. The minimum Gasteiger partial charge on any atom is -0.506 e. The van der Waals surface area contributed by atoms with Crippen molar-refractivity contribution in [1.82, 2.24) is 4.90 Å². The summed E-state index contributed by atoms with van der Waals surface area (Å²) in [6.07, 6.45) is -0.0866. The molecule has 2 unspecified atom stereocenters. The zero-order chi connectivity index (χ0) is 29.6. The third kappa shape index (κ3) is 3.43. The van der Waals surface area contributed by atoms with Gasteiger partial charge in [-0.05, 0) is 44.0 Å². The highest BCUT2D eigenvalue weighted by Crippen LogP contribution is 2.62. The number of fused-ring (bicyclic) bond motifs is 3. The van der Waals surface area contributed by atoms with Crippen LogP contribution in [0.15, 0.2) is 6.07 Å². The molecular formula is C27H33N3O9. The third-order valence-electron chi connectivity index (χ3n) is 8.85. The topological polar surface area (TPSA) is 185 Å². The van der Waals surface area contributed by atoms with Crippen molar-refractivity contribution in [3.05, 3.63) is 22.8 Å². The number of primary amides is 1. The van der Waals surface area contributed by atoms with Crippen LogP contribution in [0.2, 0.25) is 0 Å². The lowest BCUT2D eigenvalue weighted by Crippen LogP contribution is -2.79. The van der Waals surface area contributed by atoms with E-state index in [1.165, 1.54) is 32.0 Å². The Morgan fingerprint density at radius 2 is 1.67 bits per heavy atom. The number of methoxy groups -OCH3 is 1. The summed E-state index contributed by atoms with van der Waals surface area (Å²) in [6.45, 7) is 3.10. The first-order valence-electron chi connectivity index (χ1n) is 12.4. The predicted molar refractivity (Wildman–Crippen MR) is 136 cm³/mol. The number of anilines is 1. The maximum absolute atomic E-state index is 14.2. The van der Waals surface area contributed by atoms with Crippen LogP contribution in [0.5, 0.6) is 5.75 Å². The van der Waals surface area contributed by atoms with Crippen molar-refractivity contribution in [3.8, 4) is 5.75 Å². The van der Waals surface area contributed by atoms with Crippen molar-refractivity contribution in [3.63, 3.8) is 0 Å². The van der Waals surface area contributed by atoms with Crippen molar-refractivity contribution < 1.29 is 43.7 Å². The largest absolute Gasteiger partial charge is 0.506 e. The van der Waals surface area contributed by atoms with E-state index in [0.717, 1.165) is 7.11 Å². The number of benzene rings is 1. The highest BCUT2D eigenvalue weighted by molar-refractivity contribution is 6.33. The van der Waals surface area contributed by atoms with E-state index in [1.807, 2.05) is 0 Å². The average molecular weight is 544 g/mol. The summed E-state index contributed by atoms with van der Waals surface area (Å²) >= 11 is 0. The summed E-state index contributed by atoms with van der Waals surface area (Å²) in [4.78, 5) is 83.1. The lowest BCUT2D eigenvalue weighted by molar-refractivity contribution is -0.203. The Morgan fingerprint density at radius 1 is 1.08 bits per heavy atom. The third-order valence-corrected chi connectivity index (χ3v) is 8.85. The van der Waals surface area contributed by atoms with Gasteiger partial charge in [0.25, 0.3) is 0 Å². The molecule has 0 spiro atoms. The molecule has 4 N–H and O–H groups in total. The number of aliphatic hydroxyl groups is 1. The number of rotatable bonds is 4. The van der Waals surface area contributed by atoms with Crippen LogP contribution >= 0.6 is 0 Å². The molecule has 6 atom stereocenters. The lowest BCUT2D eigenvalue weighted by atomic mass is 9.42. The van der Waals surface area contributed by atoms with Crippen molar-refractivity contribution in [1.29, 1.82) is 0 Å². The molecule has 12 heteroatoms. The number of carbonyl (C=O) groups is 6. The van der Waals surface area contributed by atoms with Crippen molar-refractivity contribution in [2.45, 2.75) is 38.3 Å². The molecule has 0 radical (unpaired) electrons. The van der Waals surface area contributed by atoms with Crippen molar-refractivity contribution >= 4 is 40.7 Å². The molecule has 1 amide bonds. The van der Waals surface area contributed by atoms with Crippen LogP contribution in [0, 0.1) is 22.7 Å². The first-order chi connectivity index (χ1) is 17.9. The van der Waals surface area contributed by atoms with Crippen LogP contribution in [0.1, 0.15) is 46.5 Å². The van der Waals surface area contributed by atoms with E-state index in [0.29, 0.717) is 11.3 Å². The molecule has 4 rings (SSSR count). The van der Waals surface area contributed by atoms with Gasteiger partial charge in [0.05, 0.1) is 24.6 Å². The quantitative estimate of drug-likeness (QED) is 0.328. The van der Waals surface area contributed by atoms with E-state index in [-0.39, 0.29) is 24.0 Å². The van der Waals surface area contributed by atoms with E-state index >= 15 is 0 Å².